The molecule has 0 radical (unpaired) electrons. The highest BCUT2D eigenvalue weighted by atomic mass is 35.5. The van der Waals surface area contributed by atoms with Gasteiger partial charge in [-0.25, -0.2) is 4.79 Å². The van der Waals surface area contributed by atoms with Crippen LogP contribution in [0.15, 0.2) is 24.3 Å². The summed E-state index contributed by atoms with van der Waals surface area (Å²) in [6.45, 7) is 0. The largest absolute Gasteiger partial charge is 0.427 e. The zero-order chi connectivity index (χ0) is 11.3. The van der Waals surface area contributed by atoms with E-state index in [2.05, 4.69) is 4.84 Å². The van der Waals surface area contributed by atoms with Crippen molar-refractivity contribution in [3.8, 4) is 0 Å². The quantitative estimate of drug-likeness (QED) is 0.472. The molecule has 5 nitrogen and oxygen atoms in total. The summed E-state index contributed by atoms with van der Waals surface area (Å²) in [4.78, 5) is 35.8. The highest BCUT2D eigenvalue weighted by Crippen LogP contribution is 2.02. The van der Waals surface area contributed by atoms with Gasteiger partial charge >= 0.3 is 5.43 Å². The van der Waals surface area contributed by atoms with Crippen LogP contribution >= 0.6 is 11.6 Å². The maximum absolute atomic E-state index is 11.2. The molecule has 0 atom stereocenters. The lowest BCUT2D eigenvalue weighted by molar-refractivity contribution is 0.0644. The van der Waals surface area contributed by atoms with Crippen molar-refractivity contribution in [2.45, 2.75) is 0 Å². The Morgan fingerprint density at radius 2 is 1.87 bits per heavy atom. The number of halogens is 1. The summed E-state index contributed by atoms with van der Waals surface area (Å²) in [6.07, 6.45) is 0.653. The van der Waals surface area contributed by atoms with E-state index in [0.29, 0.717) is 11.8 Å². The molecule has 0 heterocycles. The molecule has 0 bridgehead atoms. The van der Waals surface area contributed by atoms with E-state index in [1.807, 2.05) is 5.48 Å². The Kier molecular flexibility index (Phi) is 3.82. The minimum Gasteiger partial charge on any atom is -0.326 e. The van der Waals surface area contributed by atoms with Gasteiger partial charge in [-0.05, 0) is 12.1 Å². The Morgan fingerprint density at radius 3 is 2.33 bits per heavy atom. The Morgan fingerprint density at radius 1 is 1.27 bits per heavy atom. The molecular weight excluding hydrogens is 222 g/mol. The molecule has 0 aromatic heterocycles. The van der Waals surface area contributed by atoms with Crippen molar-refractivity contribution in [3.63, 3.8) is 0 Å². The molecule has 0 aliphatic heterocycles. The highest BCUT2D eigenvalue weighted by molar-refractivity contribution is 6.61. The van der Waals surface area contributed by atoms with Gasteiger partial charge < -0.3 is 4.84 Å². The fourth-order valence-electron chi connectivity index (χ4n) is 0.858. The maximum Gasteiger partial charge on any atom is 0.427 e. The van der Waals surface area contributed by atoms with Gasteiger partial charge in [-0.1, -0.05) is 12.1 Å². The molecule has 6 heteroatoms. The van der Waals surface area contributed by atoms with Crippen molar-refractivity contribution in [3.05, 3.63) is 35.4 Å². The molecule has 15 heavy (non-hydrogen) atoms. The minimum absolute atomic E-state index is 0.249. The zero-order valence-corrected chi connectivity index (χ0v) is 8.15. The summed E-state index contributed by atoms with van der Waals surface area (Å²) >= 11 is 4.83. The number of amides is 1. The zero-order valence-electron chi connectivity index (χ0n) is 7.40. The van der Waals surface area contributed by atoms with E-state index in [-0.39, 0.29) is 5.56 Å². The monoisotopic (exact) mass is 227 g/mol. The van der Waals surface area contributed by atoms with E-state index in [1.54, 1.807) is 0 Å². The summed E-state index contributed by atoms with van der Waals surface area (Å²) in [5.41, 5.74) is 1.39. The van der Waals surface area contributed by atoms with Gasteiger partial charge in [-0.3, -0.25) is 9.59 Å². The third kappa shape index (κ3) is 3.40. The molecule has 1 N–H and O–H groups in total. The molecule has 1 aromatic carbocycles. The first-order chi connectivity index (χ1) is 7.13. The van der Waals surface area contributed by atoms with Crippen LogP contribution in [-0.4, -0.2) is 17.6 Å². The first-order valence-electron chi connectivity index (χ1n) is 3.85. The standard InChI is InChI=1S/C9H6ClNO4/c10-9(14)15-11-8(13)7-3-1-6(5-12)2-4-7/h1-5H,(H,11,13). The van der Waals surface area contributed by atoms with Gasteiger partial charge in [0.1, 0.15) is 6.29 Å². The van der Waals surface area contributed by atoms with Crippen molar-refractivity contribution in [2.75, 3.05) is 0 Å². The molecule has 0 fully saturated rings. The van der Waals surface area contributed by atoms with Crippen LogP contribution in [0.25, 0.3) is 0 Å². The van der Waals surface area contributed by atoms with Gasteiger partial charge in [-0.15, -0.1) is 0 Å². The summed E-state index contributed by atoms with van der Waals surface area (Å²) in [5.74, 6) is -0.624. The fourth-order valence-corrected chi connectivity index (χ4v) is 0.897. The SMILES string of the molecule is O=Cc1ccc(C(=O)NOC(=O)Cl)cc1. The third-order valence-corrected chi connectivity index (χ3v) is 1.61. The lowest BCUT2D eigenvalue weighted by atomic mass is 10.1. The molecule has 1 rings (SSSR count). The van der Waals surface area contributed by atoms with Gasteiger partial charge in [0, 0.05) is 22.7 Å². The number of hydrogen-bond donors (Lipinski definition) is 1. The van der Waals surface area contributed by atoms with Crippen molar-refractivity contribution < 1.29 is 19.2 Å². The first kappa shape index (κ1) is 11.2. The number of rotatable bonds is 2. The number of carbonyl (C=O) groups excluding carboxylic acids is 3. The van der Waals surface area contributed by atoms with E-state index in [9.17, 15) is 14.4 Å². The second-order valence-electron chi connectivity index (χ2n) is 2.51. The van der Waals surface area contributed by atoms with Crippen LogP contribution in [-0.2, 0) is 4.84 Å². The molecular formula is C9H6ClNO4. The number of benzene rings is 1. The normalized spacial score (nSPS) is 9.13. The van der Waals surface area contributed by atoms with Crippen molar-refractivity contribution in [1.29, 1.82) is 0 Å². The van der Waals surface area contributed by atoms with Crippen LogP contribution in [0.2, 0.25) is 0 Å². The van der Waals surface area contributed by atoms with Gasteiger partial charge in [0.25, 0.3) is 5.91 Å². The summed E-state index contributed by atoms with van der Waals surface area (Å²) in [7, 11) is 0. The topological polar surface area (TPSA) is 72.5 Å². The Bertz CT molecular complexity index is 388. The molecule has 1 amide bonds. The highest BCUT2D eigenvalue weighted by Gasteiger charge is 2.06. The fraction of sp³-hybridized carbons (Fsp3) is 0. The predicted molar refractivity (Wildman–Crippen MR) is 51.6 cm³/mol. The number of hydroxylamine groups is 1. The molecule has 1 aromatic rings. The summed E-state index contributed by atoms with van der Waals surface area (Å²) in [5, 5.41) is 0. The van der Waals surface area contributed by atoms with Crippen LogP contribution < -0.4 is 5.48 Å². The van der Waals surface area contributed by atoms with Gasteiger partial charge in [0.05, 0.1) is 0 Å². The summed E-state index contributed by atoms with van der Waals surface area (Å²) in [6, 6.07) is 5.76. The minimum atomic E-state index is -1.13. The molecule has 0 unspecified atom stereocenters. The van der Waals surface area contributed by atoms with Crippen LogP contribution in [0.3, 0.4) is 0 Å². The number of nitrogens with one attached hydrogen (secondary N) is 1. The van der Waals surface area contributed by atoms with Crippen LogP contribution in [0.1, 0.15) is 20.7 Å². The van der Waals surface area contributed by atoms with Gasteiger partial charge in [-0.2, -0.15) is 5.48 Å². The summed E-state index contributed by atoms with van der Waals surface area (Å²) < 4.78 is 0. The van der Waals surface area contributed by atoms with Crippen molar-refractivity contribution >= 4 is 29.2 Å². The van der Waals surface area contributed by atoms with Gasteiger partial charge in [0.15, 0.2) is 0 Å². The Hall–Kier alpha value is -1.88. The van der Waals surface area contributed by atoms with Gasteiger partial charge in [0.2, 0.25) is 0 Å². The van der Waals surface area contributed by atoms with E-state index < -0.39 is 11.3 Å². The van der Waals surface area contributed by atoms with E-state index in [0.717, 1.165) is 0 Å². The molecule has 0 aliphatic rings. The second kappa shape index (κ2) is 5.11. The molecule has 0 aliphatic carbocycles. The first-order valence-corrected chi connectivity index (χ1v) is 4.23. The third-order valence-electron chi connectivity index (χ3n) is 1.53. The number of carbonyl (C=O) groups is 3. The average Bonchev–Trinajstić information content (AvgIpc) is 2.26. The Labute approximate surface area is 89.9 Å². The molecule has 0 saturated heterocycles. The van der Waals surface area contributed by atoms with E-state index in [4.69, 9.17) is 11.6 Å². The average molecular weight is 228 g/mol. The van der Waals surface area contributed by atoms with Crippen LogP contribution in [0.4, 0.5) is 4.79 Å². The lowest BCUT2D eigenvalue weighted by Gasteiger charge is -2.02. The molecule has 0 saturated carbocycles. The Balaban J connectivity index is 2.66. The smallest absolute Gasteiger partial charge is 0.326 e. The van der Waals surface area contributed by atoms with E-state index in [1.165, 1.54) is 24.3 Å². The lowest BCUT2D eigenvalue weighted by Crippen LogP contribution is -2.24. The molecule has 0 spiro atoms. The van der Waals surface area contributed by atoms with Crippen molar-refractivity contribution in [1.82, 2.24) is 5.48 Å². The second-order valence-corrected chi connectivity index (χ2v) is 2.82. The number of hydrogen-bond acceptors (Lipinski definition) is 4. The maximum atomic E-state index is 11.2. The van der Waals surface area contributed by atoms with Crippen LogP contribution in [0, 0.1) is 0 Å². The van der Waals surface area contributed by atoms with Crippen molar-refractivity contribution in [2.24, 2.45) is 0 Å². The number of aldehydes is 1. The van der Waals surface area contributed by atoms with Crippen LogP contribution in [0.5, 0.6) is 0 Å². The molecule has 78 valence electrons. The predicted octanol–water partition coefficient (Wildman–Crippen LogP) is 1.52. The van der Waals surface area contributed by atoms with E-state index >= 15 is 0 Å².